The number of aromatic nitrogens is 2. The summed E-state index contributed by atoms with van der Waals surface area (Å²) in [5.41, 5.74) is 2.52. The standard InChI is InChI=1S/C14H14FN3O/c1-8-2-3-9(6-11(8)15)13-17-12-4-5-16-7-10(12)14(19)18-13/h2-3,6,16H,4-5,7H2,1H3,(H,17,18,19). The molecule has 3 rings (SSSR count). The highest BCUT2D eigenvalue weighted by Gasteiger charge is 2.16. The molecule has 2 heterocycles. The zero-order chi connectivity index (χ0) is 13.4. The maximum atomic E-state index is 13.6. The van der Waals surface area contributed by atoms with E-state index in [1.165, 1.54) is 6.07 Å². The Balaban J connectivity index is 2.12. The molecule has 2 N–H and O–H groups in total. The van der Waals surface area contributed by atoms with Crippen molar-refractivity contribution in [2.75, 3.05) is 6.54 Å². The van der Waals surface area contributed by atoms with Crippen molar-refractivity contribution in [3.05, 3.63) is 51.2 Å². The Morgan fingerprint density at radius 2 is 2.21 bits per heavy atom. The third-order valence-electron chi connectivity index (χ3n) is 3.39. The summed E-state index contributed by atoms with van der Waals surface area (Å²) in [5, 5.41) is 3.14. The summed E-state index contributed by atoms with van der Waals surface area (Å²) in [5.74, 6) is 0.143. The minimum atomic E-state index is -0.292. The second-order valence-electron chi connectivity index (χ2n) is 4.73. The Bertz CT molecular complexity index is 694. The van der Waals surface area contributed by atoms with Crippen LogP contribution in [-0.4, -0.2) is 16.5 Å². The smallest absolute Gasteiger partial charge is 0.255 e. The molecule has 0 aliphatic carbocycles. The minimum Gasteiger partial charge on any atom is -0.312 e. The zero-order valence-corrected chi connectivity index (χ0v) is 10.6. The maximum absolute atomic E-state index is 13.6. The lowest BCUT2D eigenvalue weighted by atomic mass is 10.1. The van der Waals surface area contributed by atoms with Gasteiger partial charge in [-0.1, -0.05) is 12.1 Å². The first-order valence-corrected chi connectivity index (χ1v) is 6.24. The lowest BCUT2D eigenvalue weighted by Gasteiger charge is -2.16. The van der Waals surface area contributed by atoms with Gasteiger partial charge in [-0.3, -0.25) is 4.79 Å². The van der Waals surface area contributed by atoms with Crippen LogP contribution in [0.2, 0.25) is 0 Å². The number of halogens is 1. The van der Waals surface area contributed by atoms with Gasteiger partial charge < -0.3 is 10.3 Å². The fourth-order valence-electron chi connectivity index (χ4n) is 2.23. The molecule has 1 aliphatic rings. The first-order chi connectivity index (χ1) is 9.15. The van der Waals surface area contributed by atoms with E-state index in [4.69, 9.17) is 0 Å². The van der Waals surface area contributed by atoms with Crippen LogP contribution in [0.15, 0.2) is 23.0 Å². The van der Waals surface area contributed by atoms with Crippen molar-refractivity contribution in [2.24, 2.45) is 0 Å². The largest absolute Gasteiger partial charge is 0.312 e. The van der Waals surface area contributed by atoms with E-state index in [0.717, 1.165) is 18.7 Å². The van der Waals surface area contributed by atoms with Crippen LogP contribution in [0.4, 0.5) is 4.39 Å². The molecule has 0 spiro atoms. The zero-order valence-electron chi connectivity index (χ0n) is 10.6. The molecule has 1 aliphatic heterocycles. The molecule has 2 aromatic rings. The number of benzene rings is 1. The summed E-state index contributed by atoms with van der Waals surface area (Å²) in [6, 6.07) is 4.86. The normalized spacial score (nSPS) is 14.2. The molecular weight excluding hydrogens is 245 g/mol. The summed E-state index contributed by atoms with van der Waals surface area (Å²) in [7, 11) is 0. The second kappa shape index (κ2) is 4.59. The lowest BCUT2D eigenvalue weighted by molar-refractivity contribution is 0.616. The van der Waals surface area contributed by atoms with Crippen LogP contribution < -0.4 is 10.9 Å². The highest BCUT2D eigenvalue weighted by Crippen LogP contribution is 2.19. The molecule has 4 nitrogen and oxygen atoms in total. The van der Waals surface area contributed by atoms with E-state index in [-0.39, 0.29) is 11.4 Å². The number of aryl methyl sites for hydroxylation is 1. The van der Waals surface area contributed by atoms with Gasteiger partial charge in [-0.2, -0.15) is 0 Å². The first-order valence-electron chi connectivity index (χ1n) is 6.24. The average Bonchev–Trinajstić information content (AvgIpc) is 2.42. The highest BCUT2D eigenvalue weighted by atomic mass is 19.1. The fraction of sp³-hybridized carbons (Fsp3) is 0.286. The number of aromatic amines is 1. The van der Waals surface area contributed by atoms with Crippen molar-refractivity contribution in [2.45, 2.75) is 19.9 Å². The van der Waals surface area contributed by atoms with Crippen LogP contribution in [-0.2, 0) is 13.0 Å². The van der Waals surface area contributed by atoms with Crippen molar-refractivity contribution in [1.29, 1.82) is 0 Å². The van der Waals surface area contributed by atoms with Crippen LogP contribution in [0.5, 0.6) is 0 Å². The van der Waals surface area contributed by atoms with E-state index in [1.54, 1.807) is 19.1 Å². The van der Waals surface area contributed by atoms with Gasteiger partial charge in [0, 0.05) is 25.1 Å². The highest BCUT2D eigenvalue weighted by molar-refractivity contribution is 5.56. The average molecular weight is 259 g/mol. The SMILES string of the molecule is Cc1ccc(-c2nc3c(c(=O)[nH]2)CNCC3)cc1F. The number of rotatable bonds is 1. The van der Waals surface area contributed by atoms with Gasteiger partial charge in [0.05, 0.1) is 11.3 Å². The molecular formula is C14H14FN3O. The number of nitrogens with zero attached hydrogens (tertiary/aromatic N) is 1. The van der Waals surface area contributed by atoms with E-state index in [0.29, 0.717) is 29.1 Å². The fourth-order valence-corrected chi connectivity index (χ4v) is 2.23. The van der Waals surface area contributed by atoms with E-state index in [9.17, 15) is 9.18 Å². The van der Waals surface area contributed by atoms with Gasteiger partial charge in [-0.15, -0.1) is 0 Å². The number of fused-ring (bicyclic) bond motifs is 1. The number of nitrogens with one attached hydrogen (secondary N) is 2. The summed E-state index contributed by atoms with van der Waals surface area (Å²) >= 11 is 0. The summed E-state index contributed by atoms with van der Waals surface area (Å²) in [6.07, 6.45) is 0.723. The number of H-pyrrole nitrogens is 1. The summed E-state index contributed by atoms with van der Waals surface area (Å²) < 4.78 is 13.6. The molecule has 19 heavy (non-hydrogen) atoms. The number of hydrogen-bond donors (Lipinski definition) is 2. The van der Waals surface area contributed by atoms with Gasteiger partial charge in [0.2, 0.25) is 0 Å². The Labute approximate surface area is 109 Å². The molecule has 0 fully saturated rings. The third kappa shape index (κ3) is 2.17. The quantitative estimate of drug-likeness (QED) is 0.816. The van der Waals surface area contributed by atoms with Gasteiger partial charge in [-0.05, 0) is 18.6 Å². The monoisotopic (exact) mass is 259 g/mol. The van der Waals surface area contributed by atoms with Crippen molar-refractivity contribution in [3.63, 3.8) is 0 Å². The molecule has 1 aromatic heterocycles. The Hall–Kier alpha value is -2.01. The van der Waals surface area contributed by atoms with Gasteiger partial charge in [-0.25, -0.2) is 9.37 Å². The van der Waals surface area contributed by atoms with Crippen molar-refractivity contribution in [3.8, 4) is 11.4 Å². The van der Waals surface area contributed by atoms with Gasteiger partial charge in [0.25, 0.3) is 5.56 Å². The van der Waals surface area contributed by atoms with Crippen LogP contribution in [0.3, 0.4) is 0 Å². The predicted octanol–water partition coefficient (Wildman–Crippen LogP) is 1.53. The van der Waals surface area contributed by atoms with E-state index in [1.807, 2.05) is 0 Å². The van der Waals surface area contributed by atoms with Gasteiger partial charge >= 0.3 is 0 Å². The van der Waals surface area contributed by atoms with Crippen LogP contribution in [0.1, 0.15) is 16.8 Å². The molecule has 1 aromatic carbocycles. The molecule has 0 saturated carbocycles. The second-order valence-corrected chi connectivity index (χ2v) is 4.73. The summed E-state index contributed by atoms with van der Waals surface area (Å²) in [6.45, 7) is 3.05. The molecule has 0 saturated heterocycles. The Kier molecular flexibility index (Phi) is 2.91. The first kappa shape index (κ1) is 12.0. The van der Waals surface area contributed by atoms with Gasteiger partial charge in [0.15, 0.2) is 0 Å². The van der Waals surface area contributed by atoms with Crippen LogP contribution in [0.25, 0.3) is 11.4 Å². The molecule has 0 atom stereocenters. The minimum absolute atomic E-state index is 0.145. The number of hydrogen-bond acceptors (Lipinski definition) is 3. The molecule has 0 unspecified atom stereocenters. The van der Waals surface area contributed by atoms with Crippen molar-refractivity contribution < 1.29 is 4.39 Å². The Morgan fingerprint density at radius 3 is 3.00 bits per heavy atom. The summed E-state index contributed by atoms with van der Waals surface area (Å²) in [4.78, 5) is 19.2. The lowest BCUT2D eigenvalue weighted by Crippen LogP contribution is -2.31. The van der Waals surface area contributed by atoms with Crippen LogP contribution >= 0.6 is 0 Å². The van der Waals surface area contributed by atoms with Gasteiger partial charge in [0.1, 0.15) is 11.6 Å². The van der Waals surface area contributed by atoms with Crippen molar-refractivity contribution >= 4 is 0 Å². The molecule has 0 radical (unpaired) electrons. The predicted molar refractivity (Wildman–Crippen MR) is 70.4 cm³/mol. The molecule has 5 heteroatoms. The molecule has 0 bridgehead atoms. The van der Waals surface area contributed by atoms with E-state index in [2.05, 4.69) is 15.3 Å². The third-order valence-corrected chi connectivity index (χ3v) is 3.39. The molecule has 98 valence electrons. The topological polar surface area (TPSA) is 57.8 Å². The van der Waals surface area contributed by atoms with Crippen molar-refractivity contribution in [1.82, 2.24) is 15.3 Å². The molecule has 0 amide bonds. The maximum Gasteiger partial charge on any atom is 0.255 e. The van der Waals surface area contributed by atoms with E-state index >= 15 is 0 Å². The Morgan fingerprint density at radius 1 is 1.37 bits per heavy atom. The van der Waals surface area contributed by atoms with Crippen LogP contribution in [0, 0.1) is 12.7 Å². The van der Waals surface area contributed by atoms with E-state index < -0.39 is 0 Å².